The van der Waals surface area contributed by atoms with Crippen LogP contribution in [-0.4, -0.2) is 11.8 Å². The van der Waals surface area contributed by atoms with Crippen molar-refractivity contribution in [2.45, 2.75) is 26.7 Å². The van der Waals surface area contributed by atoms with E-state index in [0.717, 1.165) is 0 Å². The summed E-state index contributed by atoms with van der Waals surface area (Å²) < 4.78 is 0. The first kappa shape index (κ1) is 9.03. The second-order valence-corrected chi connectivity index (χ2v) is 3.89. The molecule has 0 heterocycles. The summed E-state index contributed by atoms with van der Waals surface area (Å²) in [6.45, 7) is 3.40. The Balaban J connectivity index is 2.97. The lowest BCUT2D eigenvalue weighted by Gasteiger charge is -2.51. The highest BCUT2D eigenvalue weighted by atomic mass is 16.2. The third kappa shape index (κ3) is 0.777. The van der Waals surface area contributed by atoms with Crippen molar-refractivity contribution in [3.63, 3.8) is 0 Å². The molecule has 0 aliphatic heterocycles. The minimum Gasteiger partial charge on any atom is -0.369 e. The van der Waals surface area contributed by atoms with Crippen LogP contribution < -0.4 is 11.5 Å². The van der Waals surface area contributed by atoms with Gasteiger partial charge < -0.3 is 11.5 Å². The number of rotatable bonds is 2. The Morgan fingerprint density at radius 1 is 1.00 bits per heavy atom. The molecule has 1 fully saturated rings. The van der Waals surface area contributed by atoms with Crippen LogP contribution in [0.4, 0.5) is 0 Å². The third-order valence-electron chi connectivity index (χ3n) is 3.43. The van der Waals surface area contributed by atoms with Gasteiger partial charge in [-0.05, 0) is 26.7 Å². The molecule has 1 rings (SSSR count). The first-order chi connectivity index (χ1) is 5.34. The lowest BCUT2D eigenvalue weighted by Crippen LogP contribution is -2.60. The van der Waals surface area contributed by atoms with Crippen molar-refractivity contribution in [1.82, 2.24) is 0 Å². The third-order valence-corrected chi connectivity index (χ3v) is 3.43. The second-order valence-electron chi connectivity index (χ2n) is 3.89. The monoisotopic (exact) mass is 170 g/mol. The fourth-order valence-electron chi connectivity index (χ4n) is 1.67. The van der Waals surface area contributed by atoms with Gasteiger partial charge in [0, 0.05) is 0 Å². The Kier molecular flexibility index (Phi) is 1.67. The van der Waals surface area contributed by atoms with Crippen molar-refractivity contribution in [3.05, 3.63) is 0 Å². The van der Waals surface area contributed by atoms with Crippen LogP contribution in [0.5, 0.6) is 0 Å². The van der Waals surface area contributed by atoms with Crippen molar-refractivity contribution in [3.8, 4) is 0 Å². The van der Waals surface area contributed by atoms with Crippen LogP contribution in [0.25, 0.3) is 0 Å². The molecular weight excluding hydrogens is 156 g/mol. The van der Waals surface area contributed by atoms with E-state index in [9.17, 15) is 9.59 Å². The quantitative estimate of drug-likeness (QED) is 0.599. The lowest BCUT2D eigenvalue weighted by molar-refractivity contribution is -0.160. The van der Waals surface area contributed by atoms with Crippen LogP contribution in [0.3, 0.4) is 0 Å². The van der Waals surface area contributed by atoms with Crippen LogP contribution in [0, 0.1) is 10.8 Å². The van der Waals surface area contributed by atoms with Gasteiger partial charge in [0.2, 0.25) is 11.8 Å². The van der Waals surface area contributed by atoms with E-state index in [2.05, 4.69) is 0 Å². The fraction of sp³-hybridized carbons (Fsp3) is 0.750. The molecule has 4 nitrogen and oxygen atoms in total. The summed E-state index contributed by atoms with van der Waals surface area (Å²) in [5.41, 5.74) is 8.92. The molecule has 0 aromatic rings. The topological polar surface area (TPSA) is 86.2 Å². The Hall–Kier alpha value is -1.06. The van der Waals surface area contributed by atoms with E-state index in [-0.39, 0.29) is 0 Å². The number of hydrogen-bond donors (Lipinski definition) is 2. The molecule has 68 valence electrons. The first-order valence-corrected chi connectivity index (χ1v) is 3.94. The van der Waals surface area contributed by atoms with Gasteiger partial charge >= 0.3 is 0 Å². The molecule has 1 aliphatic carbocycles. The maximum atomic E-state index is 11.0. The smallest absolute Gasteiger partial charge is 0.224 e. The molecule has 12 heavy (non-hydrogen) atoms. The van der Waals surface area contributed by atoms with Crippen LogP contribution in [-0.2, 0) is 9.59 Å². The van der Waals surface area contributed by atoms with E-state index in [1.54, 1.807) is 13.8 Å². The number of amides is 2. The predicted octanol–water partition coefficient (Wildman–Crippen LogP) is -0.237. The Labute approximate surface area is 71.3 Å². The van der Waals surface area contributed by atoms with Crippen LogP contribution >= 0.6 is 0 Å². The van der Waals surface area contributed by atoms with E-state index in [4.69, 9.17) is 11.5 Å². The first-order valence-electron chi connectivity index (χ1n) is 3.94. The largest absolute Gasteiger partial charge is 0.369 e. The van der Waals surface area contributed by atoms with Crippen LogP contribution in [0.1, 0.15) is 26.7 Å². The molecule has 2 amide bonds. The van der Waals surface area contributed by atoms with E-state index in [1.165, 1.54) is 0 Å². The van der Waals surface area contributed by atoms with Gasteiger partial charge in [-0.3, -0.25) is 9.59 Å². The van der Waals surface area contributed by atoms with Crippen molar-refractivity contribution in [1.29, 1.82) is 0 Å². The maximum absolute atomic E-state index is 11.0. The lowest BCUT2D eigenvalue weighted by atomic mass is 9.50. The zero-order valence-corrected chi connectivity index (χ0v) is 7.39. The van der Waals surface area contributed by atoms with Crippen molar-refractivity contribution in [2.24, 2.45) is 22.3 Å². The maximum Gasteiger partial charge on any atom is 0.224 e. The van der Waals surface area contributed by atoms with Gasteiger partial charge in [0.1, 0.15) is 0 Å². The standard InChI is InChI=1S/C8H14N2O2/c1-7(5(9)11)3-4-8(7,2)6(10)12/h3-4H2,1-2H3,(H2,9,11)(H2,10,12)/t7-,8?/m1/s1. The zero-order valence-electron chi connectivity index (χ0n) is 7.39. The molecule has 4 heteroatoms. The number of carbonyl (C=O) groups excluding carboxylic acids is 2. The van der Waals surface area contributed by atoms with E-state index in [0.29, 0.717) is 12.8 Å². The summed E-state index contributed by atoms with van der Waals surface area (Å²) in [4.78, 5) is 22.1. The average Bonchev–Trinajstić information content (AvgIpc) is 1.98. The highest BCUT2D eigenvalue weighted by Gasteiger charge is 2.60. The molecule has 1 saturated carbocycles. The molecule has 1 aliphatic rings. The van der Waals surface area contributed by atoms with Gasteiger partial charge in [-0.2, -0.15) is 0 Å². The summed E-state index contributed by atoms with van der Waals surface area (Å²) >= 11 is 0. The summed E-state index contributed by atoms with van der Waals surface area (Å²) in [5.74, 6) is -0.870. The summed E-state index contributed by atoms with van der Waals surface area (Å²) in [5, 5.41) is 0. The molecule has 1 unspecified atom stereocenters. The minimum absolute atomic E-state index is 0.435. The van der Waals surface area contributed by atoms with Crippen molar-refractivity contribution < 1.29 is 9.59 Å². The Bertz CT molecular complexity index is 225. The predicted molar refractivity (Wildman–Crippen MR) is 43.8 cm³/mol. The minimum atomic E-state index is -0.737. The molecule has 0 saturated heterocycles. The van der Waals surface area contributed by atoms with Gasteiger partial charge in [-0.25, -0.2) is 0 Å². The van der Waals surface area contributed by atoms with Crippen LogP contribution in [0.2, 0.25) is 0 Å². The molecule has 0 spiro atoms. The Morgan fingerprint density at radius 2 is 1.25 bits per heavy atom. The second kappa shape index (κ2) is 2.21. The normalized spacial score (nSPS) is 40.2. The number of hydrogen-bond acceptors (Lipinski definition) is 2. The molecule has 4 N–H and O–H groups in total. The summed E-state index contributed by atoms with van der Waals surface area (Å²) in [7, 11) is 0. The SMILES string of the molecule is CC1(C(N)=O)CC[C@]1(C)C(N)=O. The molecular formula is C8H14N2O2. The Morgan fingerprint density at radius 3 is 1.33 bits per heavy atom. The van der Waals surface area contributed by atoms with Gasteiger partial charge in [-0.1, -0.05) is 0 Å². The van der Waals surface area contributed by atoms with E-state index < -0.39 is 22.6 Å². The van der Waals surface area contributed by atoms with Crippen molar-refractivity contribution in [2.75, 3.05) is 0 Å². The van der Waals surface area contributed by atoms with Gasteiger partial charge in [0.05, 0.1) is 10.8 Å². The average molecular weight is 170 g/mol. The van der Waals surface area contributed by atoms with Gasteiger partial charge in [0.25, 0.3) is 0 Å². The zero-order chi connectivity index (χ0) is 9.57. The van der Waals surface area contributed by atoms with Gasteiger partial charge in [0.15, 0.2) is 0 Å². The molecule has 2 atom stereocenters. The molecule has 0 bridgehead atoms. The van der Waals surface area contributed by atoms with Gasteiger partial charge in [-0.15, -0.1) is 0 Å². The number of nitrogens with two attached hydrogens (primary N) is 2. The van der Waals surface area contributed by atoms with E-state index in [1.807, 2.05) is 0 Å². The number of primary amides is 2. The molecule has 0 aromatic heterocycles. The fourth-order valence-corrected chi connectivity index (χ4v) is 1.67. The number of carbonyl (C=O) groups is 2. The van der Waals surface area contributed by atoms with E-state index >= 15 is 0 Å². The molecule has 0 aromatic carbocycles. The summed E-state index contributed by atoms with van der Waals surface area (Å²) in [6.07, 6.45) is 1.31. The summed E-state index contributed by atoms with van der Waals surface area (Å²) in [6, 6.07) is 0. The van der Waals surface area contributed by atoms with Crippen molar-refractivity contribution >= 4 is 11.8 Å². The molecule has 0 radical (unpaired) electrons. The highest BCUT2D eigenvalue weighted by molar-refractivity contribution is 5.93. The van der Waals surface area contributed by atoms with Crippen LogP contribution in [0.15, 0.2) is 0 Å². The highest BCUT2D eigenvalue weighted by Crippen LogP contribution is 2.55.